The van der Waals surface area contributed by atoms with Crippen molar-refractivity contribution in [1.82, 2.24) is 0 Å². The van der Waals surface area contributed by atoms with Gasteiger partial charge >= 0.3 is 0 Å². The lowest BCUT2D eigenvalue weighted by atomic mass is 9.78. The molecule has 0 saturated heterocycles. The maximum Gasteiger partial charge on any atom is 0.269 e. The number of rotatable bonds is 3. The third kappa shape index (κ3) is 3.63. The van der Waals surface area contributed by atoms with Crippen molar-refractivity contribution in [1.29, 1.82) is 0 Å². The minimum absolute atomic E-state index is 0.000446. The van der Waals surface area contributed by atoms with Crippen molar-refractivity contribution >= 4 is 34.4 Å². The smallest absolute Gasteiger partial charge is 0.269 e. The monoisotopic (exact) mass is 445 g/mol. The second-order valence-corrected chi connectivity index (χ2v) is 8.45. The number of nitro benzene ring substituents is 1. The Morgan fingerprint density at radius 2 is 1.66 bits per heavy atom. The number of benzene rings is 3. The molecule has 0 radical (unpaired) electrons. The molecule has 0 fully saturated rings. The molecule has 1 aliphatic heterocycles. The van der Waals surface area contributed by atoms with Gasteiger partial charge in [0.1, 0.15) is 0 Å². The molecule has 0 aromatic heterocycles. The number of non-ortho nitro benzene ring substituents is 1. The molecule has 2 aliphatic rings. The predicted octanol–water partition coefficient (Wildman–Crippen LogP) is 6.23. The minimum Gasteiger partial charge on any atom is -0.372 e. The van der Waals surface area contributed by atoms with E-state index in [9.17, 15) is 14.9 Å². The molecule has 0 amide bonds. The Balaban J connectivity index is 1.66. The van der Waals surface area contributed by atoms with Gasteiger partial charge in [0.15, 0.2) is 5.78 Å². The Hall–Kier alpha value is -3.64. The molecule has 6 nitrogen and oxygen atoms in total. The van der Waals surface area contributed by atoms with Gasteiger partial charge in [0.2, 0.25) is 0 Å². The van der Waals surface area contributed by atoms with Crippen molar-refractivity contribution in [3.05, 3.63) is 110 Å². The summed E-state index contributed by atoms with van der Waals surface area (Å²) in [5, 5.41) is 18.7. The summed E-state index contributed by atoms with van der Waals surface area (Å²) in [6, 6.07) is 21.4. The van der Waals surface area contributed by atoms with Gasteiger partial charge in [-0.05, 0) is 36.1 Å². The van der Waals surface area contributed by atoms with Crippen LogP contribution in [-0.2, 0) is 4.79 Å². The normalized spacial score (nSPS) is 19.8. The summed E-state index contributed by atoms with van der Waals surface area (Å²) in [6.07, 6.45) is 1.02. The number of nitro groups is 1. The Morgan fingerprint density at radius 1 is 0.938 bits per heavy atom. The Kier molecular flexibility index (Phi) is 5.15. The van der Waals surface area contributed by atoms with Crippen LogP contribution in [0.4, 0.5) is 17.1 Å². The van der Waals surface area contributed by atoms with Crippen LogP contribution in [0.25, 0.3) is 0 Å². The van der Waals surface area contributed by atoms with Crippen molar-refractivity contribution in [2.45, 2.75) is 24.8 Å². The first kappa shape index (κ1) is 20.3. The number of halogens is 1. The number of hydrogen-bond donors (Lipinski definition) is 2. The van der Waals surface area contributed by atoms with E-state index in [4.69, 9.17) is 11.6 Å². The molecule has 2 atom stereocenters. The first-order chi connectivity index (χ1) is 15.5. The average Bonchev–Trinajstić information content (AvgIpc) is 2.96. The van der Waals surface area contributed by atoms with Crippen LogP contribution < -0.4 is 10.6 Å². The molecule has 3 aromatic rings. The molecule has 0 saturated carbocycles. The van der Waals surface area contributed by atoms with Gasteiger partial charge in [0.05, 0.1) is 22.3 Å². The van der Waals surface area contributed by atoms with Crippen LogP contribution in [0.1, 0.15) is 35.9 Å². The zero-order chi connectivity index (χ0) is 22.2. The number of nitrogens with zero attached hydrogens (tertiary/aromatic N) is 1. The van der Waals surface area contributed by atoms with Crippen molar-refractivity contribution in [3.63, 3.8) is 0 Å². The number of carbonyl (C=O) groups is 1. The van der Waals surface area contributed by atoms with Gasteiger partial charge in [-0.1, -0.05) is 54.1 Å². The van der Waals surface area contributed by atoms with Gasteiger partial charge < -0.3 is 10.6 Å². The summed E-state index contributed by atoms with van der Waals surface area (Å²) in [7, 11) is 0. The topological polar surface area (TPSA) is 84.3 Å². The number of carbonyl (C=O) groups excluding carboxylic acids is 1. The SMILES string of the molecule is O=C1C[C@@H](c2ccccc2)CC2=C1[C@@H](c1cc([N+](=O)[O-])ccc1Cl)Nc1ccccc1N2. The fourth-order valence-corrected chi connectivity index (χ4v) is 4.78. The third-order valence-electron chi connectivity index (χ3n) is 6.08. The summed E-state index contributed by atoms with van der Waals surface area (Å²) in [4.78, 5) is 24.5. The van der Waals surface area contributed by atoms with Gasteiger partial charge in [-0.15, -0.1) is 0 Å². The van der Waals surface area contributed by atoms with Gasteiger partial charge in [0, 0.05) is 40.4 Å². The lowest BCUT2D eigenvalue weighted by Crippen LogP contribution is -2.27. The molecule has 2 N–H and O–H groups in total. The molecule has 3 aromatic carbocycles. The van der Waals surface area contributed by atoms with Crippen LogP contribution in [0.2, 0.25) is 5.02 Å². The zero-order valence-electron chi connectivity index (χ0n) is 17.0. The van der Waals surface area contributed by atoms with E-state index >= 15 is 0 Å². The number of nitrogens with one attached hydrogen (secondary N) is 2. The summed E-state index contributed by atoms with van der Waals surface area (Å²) in [5.74, 6) is 0.0573. The lowest BCUT2D eigenvalue weighted by molar-refractivity contribution is -0.384. The number of para-hydroxylation sites is 2. The standard InChI is InChI=1S/C25H20ClN3O3/c26-19-11-10-17(29(31)32)14-18(19)25-24-22(27-20-8-4-5-9-21(20)28-25)12-16(13-23(24)30)15-6-2-1-3-7-15/h1-11,14,16,25,27-28H,12-13H2/t16-,25+/m0/s1. The molecule has 1 aliphatic carbocycles. The van der Waals surface area contributed by atoms with E-state index in [0.717, 1.165) is 22.6 Å². The first-order valence-electron chi connectivity index (χ1n) is 10.4. The van der Waals surface area contributed by atoms with Crippen LogP contribution >= 0.6 is 11.6 Å². The summed E-state index contributed by atoms with van der Waals surface area (Å²) >= 11 is 6.50. The number of ketones is 1. The van der Waals surface area contributed by atoms with Crippen LogP contribution in [0.3, 0.4) is 0 Å². The van der Waals surface area contributed by atoms with E-state index in [1.165, 1.54) is 18.2 Å². The highest BCUT2D eigenvalue weighted by molar-refractivity contribution is 6.31. The lowest BCUT2D eigenvalue weighted by Gasteiger charge is -2.30. The molecule has 0 bridgehead atoms. The molecule has 160 valence electrons. The van der Waals surface area contributed by atoms with Crippen molar-refractivity contribution < 1.29 is 9.72 Å². The molecular weight excluding hydrogens is 426 g/mol. The third-order valence-corrected chi connectivity index (χ3v) is 6.43. The number of allylic oxidation sites excluding steroid dienone is 1. The number of hydrogen-bond acceptors (Lipinski definition) is 5. The maximum absolute atomic E-state index is 13.5. The van der Waals surface area contributed by atoms with Gasteiger partial charge in [-0.25, -0.2) is 0 Å². The Morgan fingerprint density at radius 3 is 2.41 bits per heavy atom. The second kappa shape index (κ2) is 8.13. The first-order valence-corrected chi connectivity index (χ1v) is 10.8. The van der Waals surface area contributed by atoms with E-state index in [2.05, 4.69) is 10.6 Å². The second-order valence-electron chi connectivity index (χ2n) is 8.04. The van der Waals surface area contributed by atoms with Crippen molar-refractivity contribution in [3.8, 4) is 0 Å². The minimum atomic E-state index is -0.599. The number of anilines is 2. The molecule has 7 heteroatoms. The van der Waals surface area contributed by atoms with E-state index < -0.39 is 11.0 Å². The van der Waals surface area contributed by atoms with Crippen LogP contribution in [0.15, 0.2) is 84.1 Å². The zero-order valence-corrected chi connectivity index (χ0v) is 17.8. The van der Waals surface area contributed by atoms with E-state index in [0.29, 0.717) is 29.0 Å². The number of fused-ring (bicyclic) bond motifs is 1. The summed E-state index contributed by atoms with van der Waals surface area (Å²) in [6.45, 7) is 0. The van der Waals surface area contributed by atoms with Crippen LogP contribution in [-0.4, -0.2) is 10.7 Å². The van der Waals surface area contributed by atoms with Gasteiger partial charge in [-0.3, -0.25) is 14.9 Å². The fourth-order valence-electron chi connectivity index (χ4n) is 4.55. The van der Waals surface area contributed by atoms with Crippen LogP contribution in [0.5, 0.6) is 0 Å². The molecular formula is C25H20ClN3O3. The molecule has 0 unspecified atom stereocenters. The Bertz CT molecular complexity index is 1260. The highest BCUT2D eigenvalue weighted by Crippen LogP contribution is 2.45. The number of Topliss-reactive ketones (excluding diaryl/α,β-unsaturated/α-hetero) is 1. The highest BCUT2D eigenvalue weighted by atomic mass is 35.5. The van der Waals surface area contributed by atoms with Crippen LogP contribution in [0, 0.1) is 10.1 Å². The predicted molar refractivity (Wildman–Crippen MR) is 125 cm³/mol. The quantitative estimate of drug-likeness (QED) is 0.369. The van der Waals surface area contributed by atoms with Crippen molar-refractivity contribution in [2.75, 3.05) is 10.6 Å². The average molecular weight is 446 g/mol. The molecule has 0 spiro atoms. The summed E-state index contributed by atoms with van der Waals surface area (Å²) in [5.41, 5.74) is 4.62. The van der Waals surface area contributed by atoms with E-state index in [1.807, 2.05) is 54.6 Å². The molecule has 32 heavy (non-hydrogen) atoms. The van der Waals surface area contributed by atoms with E-state index in [-0.39, 0.29) is 17.4 Å². The molecule has 1 heterocycles. The summed E-state index contributed by atoms with van der Waals surface area (Å²) < 4.78 is 0. The Labute approximate surface area is 190 Å². The molecule has 5 rings (SSSR count). The largest absolute Gasteiger partial charge is 0.372 e. The van der Waals surface area contributed by atoms with Crippen molar-refractivity contribution in [2.24, 2.45) is 0 Å². The van der Waals surface area contributed by atoms with Gasteiger partial charge in [-0.2, -0.15) is 0 Å². The highest BCUT2D eigenvalue weighted by Gasteiger charge is 2.37. The fraction of sp³-hybridized carbons (Fsp3) is 0.160. The maximum atomic E-state index is 13.5. The van der Waals surface area contributed by atoms with E-state index in [1.54, 1.807) is 0 Å². The van der Waals surface area contributed by atoms with Gasteiger partial charge in [0.25, 0.3) is 5.69 Å².